The van der Waals surface area contributed by atoms with Crippen molar-refractivity contribution in [2.45, 2.75) is 38.1 Å². The Morgan fingerprint density at radius 1 is 1.20 bits per heavy atom. The van der Waals surface area contributed by atoms with E-state index in [1.807, 2.05) is 45.8 Å². The second kappa shape index (κ2) is 8.83. The molecule has 1 aliphatic heterocycles. The molecule has 2 aromatic heterocycles. The van der Waals surface area contributed by atoms with E-state index in [2.05, 4.69) is 15.5 Å². The van der Waals surface area contributed by atoms with Gasteiger partial charge < -0.3 is 10.2 Å². The average molecular weight is 426 g/mol. The summed E-state index contributed by atoms with van der Waals surface area (Å²) in [7, 11) is 0. The fourth-order valence-electron chi connectivity index (χ4n) is 4.05. The molecular formula is C22H24ClN5O2. The number of hydrogen-bond donors (Lipinski definition) is 1. The summed E-state index contributed by atoms with van der Waals surface area (Å²) in [6.45, 7) is 2.77. The van der Waals surface area contributed by atoms with Crippen LogP contribution >= 0.6 is 11.6 Å². The van der Waals surface area contributed by atoms with E-state index in [9.17, 15) is 9.59 Å². The van der Waals surface area contributed by atoms with E-state index in [-0.39, 0.29) is 30.2 Å². The third-order valence-corrected chi connectivity index (χ3v) is 5.76. The zero-order valence-electron chi connectivity index (χ0n) is 16.8. The monoisotopic (exact) mass is 425 g/mol. The lowest BCUT2D eigenvalue weighted by Gasteiger charge is -2.33. The van der Waals surface area contributed by atoms with Gasteiger partial charge in [-0.3, -0.25) is 14.0 Å². The van der Waals surface area contributed by atoms with E-state index in [4.69, 9.17) is 11.6 Å². The lowest BCUT2D eigenvalue weighted by molar-refractivity contribution is -0.133. The van der Waals surface area contributed by atoms with Crippen LogP contribution < -0.4 is 5.32 Å². The van der Waals surface area contributed by atoms with E-state index in [0.29, 0.717) is 18.1 Å². The highest BCUT2D eigenvalue weighted by molar-refractivity contribution is 6.30. The number of nitrogens with one attached hydrogen (secondary N) is 1. The van der Waals surface area contributed by atoms with Gasteiger partial charge in [0.2, 0.25) is 11.8 Å². The van der Waals surface area contributed by atoms with Crippen LogP contribution in [0.1, 0.15) is 49.5 Å². The largest absolute Gasteiger partial charge is 0.349 e. The van der Waals surface area contributed by atoms with Crippen molar-refractivity contribution in [3.05, 3.63) is 65.1 Å². The molecule has 8 heteroatoms. The summed E-state index contributed by atoms with van der Waals surface area (Å²) in [6.07, 6.45) is 4.03. The van der Waals surface area contributed by atoms with Crippen molar-refractivity contribution in [3.63, 3.8) is 0 Å². The summed E-state index contributed by atoms with van der Waals surface area (Å²) >= 11 is 5.98. The molecule has 1 N–H and O–H groups in total. The van der Waals surface area contributed by atoms with Gasteiger partial charge in [0.1, 0.15) is 5.82 Å². The molecule has 1 aromatic carbocycles. The molecule has 156 valence electrons. The third kappa shape index (κ3) is 4.46. The van der Waals surface area contributed by atoms with Gasteiger partial charge in [-0.25, -0.2) is 0 Å². The summed E-state index contributed by atoms with van der Waals surface area (Å²) < 4.78 is 1.99. The molecule has 2 atom stereocenters. The van der Waals surface area contributed by atoms with Gasteiger partial charge in [0.25, 0.3) is 0 Å². The molecule has 0 saturated carbocycles. The normalized spacial score (nSPS) is 17.7. The van der Waals surface area contributed by atoms with Crippen LogP contribution in [0.25, 0.3) is 5.65 Å². The molecule has 0 spiro atoms. The molecule has 7 nitrogen and oxygen atoms in total. The number of aromatic nitrogens is 3. The number of piperidine rings is 1. The second-order valence-electron chi connectivity index (χ2n) is 7.67. The maximum absolute atomic E-state index is 13.1. The first-order chi connectivity index (χ1) is 14.5. The first kappa shape index (κ1) is 20.3. The van der Waals surface area contributed by atoms with Gasteiger partial charge >= 0.3 is 0 Å². The highest BCUT2D eigenvalue weighted by atomic mass is 35.5. The Morgan fingerprint density at radius 3 is 2.77 bits per heavy atom. The number of pyridine rings is 1. The van der Waals surface area contributed by atoms with Crippen molar-refractivity contribution in [2.24, 2.45) is 0 Å². The molecule has 0 aliphatic carbocycles. The topological polar surface area (TPSA) is 79.6 Å². The fourth-order valence-corrected chi connectivity index (χ4v) is 4.18. The molecule has 2 amide bonds. The number of halogens is 1. The number of carbonyl (C=O) groups is 2. The van der Waals surface area contributed by atoms with E-state index >= 15 is 0 Å². The van der Waals surface area contributed by atoms with Crippen molar-refractivity contribution < 1.29 is 9.59 Å². The number of likely N-dealkylation sites (tertiary alicyclic amines) is 1. The van der Waals surface area contributed by atoms with Gasteiger partial charge in [0.05, 0.1) is 12.5 Å². The maximum atomic E-state index is 13.1. The van der Waals surface area contributed by atoms with Gasteiger partial charge in [-0.15, -0.1) is 10.2 Å². The number of rotatable bonds is 5. The molecule has 0 radical (unpaired) electrons. The van der Waals surface area contributed by atoms with Gasteiger partial charge in [0, 0.05) is 37.2 Å². The number of benzene rings is 1. The predicted molar refractivity (Wildman–Crippen MR) is 114 cm³/mol. The predicted octanol–water partition coefficient (Wildman–Crippen LogP) is 3.36. The number of hydrogen-bond acceptors (Lipinski definition) is 4. The summed E-state index contributed by atoms with van der Waals surface area (Å²) in [4.78, 5) is 26.7. The standard InChI is InChI=1S/C22H24ClN5O2/c1-15(29)24-19(16-7-9-18(23)10-8-16)13-21(30)27-11-4-5-17(14-27)22-26-25-20-6-2-3-12-28(20)22/h2-3,6-10,12,17,19H,4-5,11,13-14H2,1H3,(H,24,29). The summed E-state index contributed by atoms with van der Waals surface area (Å²) in [6, 6.07) is 12.6. The molecule has 3 heterocycles. The minimum absolute atomic E-state index is 0.0159. The summed E-state index contributed by atoms with van der Waals surface area (Å²) in [5, 5.41) is 12.1. The minimum atomic E-state index is -0.387. The summed E-state index contributed by atoms with van der Waals surface area (Å²) in [5.74, 6) is 0.866. The van der Waals surface area contributed by atoms with Crippen molar-refractivity contribution >= 4 is 29.1 Å². The lowest BCUT2D eigenvalue weighted by Crippen LogP contribution is -2.41. The average Bonchev–Trinajstić information content (AvgIpc) is 3.18. The van der Waals surface area contributed by atoms with Crippen molar-refractivity contribution in [1.29, 1.82) is 0 Å². The highest BCUT2D eigenvalue weighted by Gasteiger charge is 2.29. The first-order valence-corrected chi connectivity index (χ1v) is 10.5. The van der Waals surface area contributed by atoms with Crippen LogP contribution in [0.3, 0.4) is 0 Å². The quantitative estimate of drug-likeness (QED) is 0.679. The van der Waals surface area contributed by atoms with E-state index in [1.165, 1.54) is 6.92 Å². The molecule has 30 heavy (non-hydrogen) atoms. The van der Waals surface area contributed by atoms with Gasteiger partial charge in [-0.2, -0.15) is 0 Å². The summed E-state index contributed by atoms with van der Waals surface area (Å²) in [5.41, 5.74) is 1.67. The maximum Gasteiger partial charge on any atom is 0.225 e. The highest BCUT2D eigenvalue weighted by Crippen LogP contribution is 2.28. The smallest absolute Gasteiger partial charge is 0.225 e. The molecular weight excluding hydrogens is 402 g/mol. The second-order valence-corrected chi connectivity index (χ2v) is 8.11. The van der Waals surface area contributed by atoms with E-state index in [0.717, 1.165) is 29.9 Å². The van der Waals surface area contributed by atoms with Gasteiger partial charge in [-0.1, -0.05) is 29.8 Å². The van der Waals surface area contributed by atoms with Crippen molar-refractivity contribution in [2.75, 3.05) is 13.1 Å². The Bertz CT molecular complexity index is 1050. The van der Waals surface area contributed by atoms with Crippen molar-refractivity contribution in [3.8, 4) is 0 Å². The Morgan fingerprint density at radius 2 is 2.00 bits per heavy atom. The van der Waals surface area contributed by atoms with Gasteiger partial charge in [-0.05, 0) is 42.7 Å². The molecule has 4 rings (SSSR count). The molecule has 1 aliphatic rings. The molecule has 3 aromatic rings. The molecule has 1 fully saturated rings. The van der Waals surface area contributed by atoms with Gasteiger partial charge in [0.15, 0.2) is 5.65 Å². The lowest BCUT2D eigenvalue weighted by atomic mass is 9.96. The van der Waals surface area contributed by atoms with Crippen LogP contribution in [-0.2, 0) is 9.59 Å². The van der Waals surface area contributed by atoms with E-state index in [1.54, 1.807) is 12.1 Å². The van der Waals surface area contributed by atoms with Crippen LogP contribution in [0, 0.1) is 0 Å². The van der Waals surface area contributed by atoms with Crippen molar-refractivity contribution in [1.82, 2.24) is 24.8 Å². The number of carbonyl (C=O) groups excluding carboxylic acids is 2. The first-order valence-electron chi connectivity index (χ1n) is 10.1. The molecule has 1 saturated heterocycles. The zero-order chi connectivity index (χ0) is 21.1. The Kier molecular flexibility index (Phi) is 5.99. The number of nitrogens with zero attached hydrogens (tertiary/aromatic N) is 4. The van der Waals surface area contributed by atoms with Crippen LogP contribution in [0.5, 0.6) is 0 Å². The molecule has 2 unspecified atom stereocenters. The number of fused-ring (bicyclic) bond motifs is 1. The third-order valence-electron chi connectivity index (χ3n) is 5.51. The molecule has 0 bridgehead atoms. The number of amides is 2. The minimum Gasteiger partial charge on any atom is -0.349 e. The Balaban J connectivity index is 1.48. The SMILES string of the molecule is CC(=O)NC(CC(=O)N1CCCC(c2nnc3ccccn23)C1)c1ccc(Cl)cc1. The fraction of sp³-hybridized carbons (Fsp3) is 0.364. The Hall–Kier alpha value is -2.93. The van der Waals surface area contributed by atoms with E-state index < -0.39 is 0 Å². The van der Waals surface area contributed by atoms with Crippen LogP contribution in [0.15, 0.2) is 48.7 Å². The van der Waals surface area contributed by atoms with Crippen LogP contribution in [0.4, 0.5) is 0 Å². The zero-order valence-corrected chi connectivity index (χ0v) is 17.5. The van der Waals surface area contributed by atoms with Crippen LogP contribution in [-0.4, -0.2) is 44.4 Å². The Labute approximate surface area is 180 Å². The van der Waals surface area contributed by atoms with Crippen LogP contribution in [0.2, 0.25) is 5.02 Å².